The topological polar surface area (TPSA) is 37.3 Å². The summed E-state index contributed by atoms with van der Waals surface area (Å²) in [4.78, 5) is 10.6. The maximum atomic E-state index is 12.3. The maximum absolute atomic E-state index is 12.3. The van der Waals surface area contributed by atoms with Crippen LogP contribution in [-0.2, 0) is 11.9 Å². The number of alkyl halides is 3. The monoisotopic (exact) mass is 236 g/mol. The number of halogens is 3. The Morgan fingerprint density at radius 1 is 1.40 bits per heavy atom. The molecular formula is C9H7F3O2S. The molecule has 15 heavy (non-hydrogen) atoms. The average molecular weight is 236 g/mol. The predicted octanol–water partition coefficient (Wildman–Crippen LogP) is 2.83. The van der Waals surface area contributed by atoms with E-state index in [1.807, 2.05) is 0 Å². The first-order valence-electron chi connectivity index (χ1n) is 3.90. The van der Waals surface area contributed by atoms with Gasteiger partial charge in [0.05, 0.1) is 11.1 Å². The Labute approximate surface area is 89.1 Å². The molecule has 0 amide bonds. The molecular weight excluding hydrogens is 229 g/mol. The van der Waals surface area contributed by atoms with E-state index in [4.69, 9.17) is 5.11 Å². The van der Waals surface area contributed by atoms with Crippen LogP contribution in [0.15, 0.2) is 18.2 Å². The van der Waals surface area contributed by atoms with Crippen molar-refractivity contribution in [2.24, 2.45) is 0 Å². The summed E-state index contributed by atoms with van der Waals surface area (Å²) in [5.41, 5.74) is -0.963. The average Bonchev–Trinajstić information content (AvgIpc) is 2.15. The molecule has 0 aromatic heterocycles. The highest BCUT2D eigenvalue weighted by Crippen LogP contribution is 2.30. The summed E-state index contributed by atoms with van der Waals surface area (Å²) in [6.45, 7) is 0. The Morgan fingerprint density at radius 2 is 2.00 bits per heavy atom. The van der Waals surface area contributed by atoms with Gasteiger partial charge < -0.3 is 5.11 Å². The smallest absolute Gasteiger partial charge is 0.416 e. The molecule has 0 unspecified atom stereocenters. The molecule has 0 fully saturated rings. The molecule has 1 aromatic rings. The zero-order chi connectivity index (χ0) is 11.6. The molecule has 0 heterocycles. The third-order valence-corrected chi connectivity index (χ3v) is 2.17. The van der Waals surface area contributed by atoms with Crippen molar-refractivity contribution in [2.75, 3.05) is 0 Å². The minimum Gasteiger partial charge on any atom is -0.478 e. The number of carboxylic acid groups (broad SMARTS) is 1. The van der Waals surface area contributed by atoms with E-state index in [0.29, 0.717) is 0 Å². The van der Waals surface area contributed by atoms with E-state index >= 15 is 0 Å². The van der Waals surface area contributed by atoms with Crippen molar-refractivity contribution in [3.63, 3.8) is 0 Å². The molecule has 0 saturated carbocycles. The van der Waals surface area contributed by atoms with Gasteiger partial charge in [0.25, 0.3) is 0 Å². The fraction of sp³-hybridized carbons (Fsp3) is 0.222. The van der Waals surface area contributed by atoms with Crippen molar-refractivity contribution in [1.82, 2.24) is 0 Å². The fourth-order valence-corrected chi connectivity index (χ4v) is 1.37. The number of benzene rings is 1. The molecule has 1 aromatic carbocycles. The van der Waals surface area contributed by atoms with Crippen molar-refractivity contribution < 1.29 is 23.1 Å². The van der Waals surface area contributed by atoms with Crippen LogP contribution in [-0.4, -0.2) is 11.1 Å². The number of aromatic carboxylic acids is 1. The molecule has 0 spiro atoms. The van der Waals surface area contributed by atoms with Crippen LogP contribution in [0, 0.1) is 0 Å². The van der Waals surface area contributed by atoms with Crippen LogP contribution in [0.5, 0.6) is 0 Å². The lowest BCUT2D eigenvalue weighted by molar-refractivity contribution is -0.137. The van der Waals surface area contributed by atoms with Gasteiger partial charge in [-0.05, 0) is 23.8 Å². The van der Waals surface area contributed by atoms with Gasteiger partial charge in [-0.1, -0.05) is 0 Å². The molecule has 0 aliphatic carbocycles. The van der Waals surface area contributed by atoms with Crippen LogP contribution in [0.25, 0.3) is 0 Å². The second-order valence-electron chi connectivity index (χ2n) is 2.83. The van der Waals surface area contributed by atoms with Gasteiger partial charge in [-0.25, -0.2) is 4.79 Å². The van der Waals surface area contributed by atoms with Crippen molar-refractivity contribution in [1.29, 1.82) is 0 Å². The van der Waals surface area contributed by atoms with E-state index in [1.54, 1.807) is 0 Å². The quantitative estimate of drug-likeness (QED) is 0.775. The second kappa shape index (κ2) is 4.14. The molecule has 6 heteroatoms. The Morgan fingerprint density at radius 3 is 2.40 bits per heavy atom. The van der Waals surface area contributed by atoms with Gasteiger partial charge in [-0.15, -0.1) is 0 Å². The normalized spacial score (nSPS) is 11.5. The number of rotatable bonds is 2. The van der Waals surface area contributed by atoms with E-state index in [-0.39, 0.29) is 16.9 Å². The third-order valence-electron chi connectivity index (χ3n) is 1.83. The van der Waals surface area contributed by atoms with Gasteiger partial charge in [0.15, 0.2) is 0 Å². The van der Waals surface area contributed by atoms with Crippen molar-refractivity contribution in [3.8, 4) is 0 Å². The zero-order valence-electron chi connectivity index (χ0n) is 7.38. The van der Waals surface area contributed by atoms with Crippen LogP contribution in [0.1, 0.15) is 21.5 Å². The first kappa shape index (κ1) is 11.9. The molecule has 1 rings (SSSR count). The van der Waals surface area contributed by atoms with Gasteiger partial charge >= 0.3 is 12.1 Å². The van der Waals surface area contributed by atoms with Crippen molar-refractivity contribution >= 4 is 18.6 Å². The Kier molecular flexibility index (Phi) is 3.28. The molecule has 0 radical (unpaired) electrons. The minimum absolute atomic E-state index is 0.0500. The predicted molar refractivity (Wildman–Crippen MR) is 51.1 cm³/mol. The lowest BCUT2D eigenvalue weighted by Crippen LogP contribution is -2.08. The number of hydrogen-bond donors (Lipinski definition) is 2. The molecule has 1 N–H and O–H groups in total. The minimum atomic E-state index is -4.46. The molecule has 0 aliphatic heterocycles. The zero-order valence-corrected chi connectivity index (χ0v) is 8.27. The molecule has 2 nitrogen and oxygen atoms in total. The van der Waals surface area contributed by atoms with Crippen LogP contribution in [0.3, 0.4) is 0 Å². The van der Waals surface area contributed by atoms with Gasteiger partial charge in [-0.2, -0.15) is 25.8 Å². The lowest BCUT2D eigenvalue weighted by atomic mass is 10.0. The fourth-order valence-electron chi connectivity index (χ4n) is 1.11. The lowest BCUT2D eigenvalue weighted by Gasteiger charge is -2.09. The largest absolute Gasteiger partial charge is 0.478 e. The Bertz CT molecular complexity index is 387. The third kappa shape index (κ3) is 2.65. The first-order chi connectivity index (χ1) is 6.86. The molecule has 0 bridgehead atoms. The van der Waals surface area contributed by atoms with Crippen LogP contribution < -0.4 is 0 Å². The molecule has 82 valence electrons. The highest BCUT2D eigenvalue weighted by molar-refractivity contribution is 7.79. The highest BCUT2D eigenvalue weighted by atomic mass is 32.1. The summed E-state index contributed by atoms with van der Waals surface area (Å²) in [5, 5.41) is 8.68. The standard InChI is InChI=1S/C9H7F3O2S/c10-9(11,12)6-1-2-7(8(13)14)5(3-6)4-15/h1-3,15H,4H2,(H,13,14). The summed E-state index contributed by atoms with van der Waals surface area (Å²) in [6, 6.07) is 2.49. The van der Waals surface area contributed by atoms with Crippen LogP contribution >= 0.6 is 12.6 Å². The number of carbonyl (C=O) groups is 1. The van der Waals surface area contributed by atoms with Gasteiger partial charge in [0, 0.05) is 5.75 Å². The van der Waals surface area contributed by atoms with E-state index in [1.165, 1.54) is 0 Å². The molecule has 0 saturated heterocycles. The summed E-state index contributed by atoms with van der Waals surface area (Å²) in [7, 11) is 0. The number of thiol groups is 1. The van der Waals surface area contributed by atoms with E-state index < -0.39 is 17.7 Å². The Hall–Kier alpha value is -1.17. The maximum Gasteiger partial charge on any atom is 0.416 e. The molecule has 0 aliphatic rings. The van der Waals surface area contributed by atoms with E-state index in [0.717, 1.165) is 18.2 Å². The Balaban J connectivity index is 3.25. The number of carboxylic acids is 1. The van der Waals surface area contributed by atoms with Crippen LogP contribution in [0.4, 0.5) is 13.2 Å². The van der Waals surface area contributed by atoms with Crippen LogP contribution in [0.2, 0.25) is 0 Å². The first-order valence-corrected chi connectivity index (χ1v) is 4.53. The highest BCUT2D eigenvalue weighted by Gasteiger charge is 2.31. The van der Waals surface area contributed by atoms with Crippen molar-refractivity contribution in [2.45, 2.75) is 11.9 Å². The summed E-state index contributed by atoms with van der Waals surface area (Å²) < 4.78 is 36.8. The van der Waals surface area contributed by atoms with Gasteiger partial charge in [-0.3, -0.25) is 0 Å². The van der Waals surface area contributed by atoms with E-state index in [2.05, 4.69) is 12.6 Å². The summed E-state index contributed by atoms with van der Waals surface area (Å²) in [5.74, 6) is -1.31. The van der Waals surface area contributed by atoms with E-state index in [9.17, 15) is 18.0 Å². The second-order valence-corrected chi connectivity index (χ2v) is 3.15. The number of hydrogen-bond acceptors (Lipinski definition) is 2. The van der Waals surface area contributed by atoms with Gasteiger partial charge in [0.1, 0.15) is 0 Å². The summed E-state index contributed by atoms with van der Waals surface area (Å²) in [6.07, 6.45) is -4.46. The molecule has 0 atom stereocenters. The van der Waals surface area contributed by atoms with Crippen molar-refractivity contribution in [3.05, 3.63) is 34.9 Å². The SMILES string of the molecule is O=C(O)c1ccc(C(F)(F)F)cc1CS. The van der Waals surface area contributed by atoms with Gasteiger partial charge in [0.2, 0.25) is 0 Å². The summed E-state index contributed by atoms with van der Waals surface area (Å²) >= 11 is 3.79.